The lowest BCUT2D eigenvalue weighted by Gasteiger charge is -2.14. The normalized spacial score (nSPS) is 13.5. The maximum atomic E-state index is 11.9. The second-order valence-corrected chi connectivity index (χ2v) is 6.38. The van der Waals surface area contributed by atoms with Crippen LogP contribution in [0.4, 0.5) is 0 Å². The zero-order valence-corrected chi connectivity index (χ0v) is 15.1. The number of rotatable bonds is 6. The minimum Gasteiger partial charge on any atom is -0.508 e. The molecule has 8 heteroatoms. The molecule has 3 N–H and O–H groups in total. The molecule has 0 spiro atoms. The summed E-state index contributed by atoms with van der Waals surface area (Å²) in [5, 5.41) is 16.3. The number of ether oxygens (including phenoxy) is 1. The number of hydrogen-bond acceptors (Lipinski definition) is 5. The van der Waals surface area contributed by atoms with Crippen molar-refractivity contribution < 1.29 is 19.4 Å². The summed E-state index contributed by atoms with van der Waals surface area (Å²) in [5.74, 6) is 0.166. The SMILES string of the molecule is O=C(COc1ccc(C2=NNC(=O)CC2)cc1Cl)NCc1ccc(O)cc1. The molecule has 0 saturated carbocycles. The summed E-state index contributed by atoms with van der Waals surface area (Å²) < 4.78 is 5.47. The van der Waals surface area contributed by atoms with Gasteiger partial charge in [-0.25, -0.2) is 5.43 Å². The fraction of sp³-hybridized carbons (Fsp3) is 0.211. The van der Waals surface area contributed by atoms with Crippen molar-refractivity contribution in [3.05, 3.63) is 58.6 Å². The van der Waals surface area contributed by atoms with Crippen molar-refractivity contribution in [3.8, 4) is 11.5 Å². The fourth-order valence-electron chi connectivity index (χ4n) is 2.49. The van der Waals surface area contributed by atoms with Gasteiger partial charge in [-0.2, -0.15) is 5.10 Å². The van der Waals surface area contributed by atoms with Gasteiger partial charge in [0.05, 0.1) is 10.7 Å². The Morgan fingerprint density at radius 3 is 2.67 bits per heavy atom. The zero-order chi connectivity index (χ0) is 19.2. The smallest absolute Gasteiger partial charge is 0.258 e. The molecule has 0 radical (unpaired) electrons. The van der Waals surface area contributed by atoms with Crippen molar-refractivity contribution in [1.29, 1.82) is 0 Å². The van der Waals surface area contributed by atoms with Crippen LogP contribution in [0.3, 0.4) is 0 Å². The molecule has 1 aliphatic rings. The molecule has 3 rings (SSSR count). The highest BCUT2D eigenvalue weighted by Gasteiger charge is 2.15. The third-order valence-electron chi connectivity index (χ3n) is 3.95. The Hall–Kier alpha value is -3.06. The average molecular weight is 388 g/mol. The van der Waals surface area contributed by atoms with Crippen molar-refractivity contribution in [2.75, 3.05) is 6.61 Å². The van der Waals surface area contributed by atoms with Gasteiger partial charge in [-0.1, -0.05) is 23.7 Å². The van der Waals surface area contributed by atoms with E-state index in [9.17, 15) is 14.7 Å². The first kappa shape index (κ1) is 18.7. The Labute approximate surface area is 161 Å². The van der Waals surface area contributed by atoms with Crippen LogP contribution in [0.15, 0.2) is 47.6 Å². The van der Waals surface area contributed by atoms with Gasteiger partial charge in [0.15, 0.2) is 6.61 Å². The number of halogens is 1. The Balaban J connectivity index is 1.52. The predicted octanol–water partition coefficient (Wildman–Crippen LogP) is 2.35. The second-order valence-electron chi connectivity index (χ2n) is 5.97. The number of hydrazone groups is 1. The summed E-state index contributed by atoms with van der Waals surface area (Å²) in [5.41, 5.74) is 4.85. The number of phenolic OH excluding ortho intramolecular Hbond substituents is 1. The van der Waals surface area contributed by atoms with E-state index in [1.54, 1.807) is 42.5 Å². The number of carbonyl (C=O) groups is 2. The van der Waals surface area contributed by atoms with Gasteiger partial charge in [-0.3, -0.25) is 9.59 Å². The Bertz CT molecular complexity index is 881. The Morgan fingerprint density at radius 2 is 2.00 bits per heavy atom. The lowest BCUT2D eigenvalue weighted by atomic mass is 10.0. The van der Waals surface area contributed by atoms with E-state index < -0.39 is 0 Å². The lowest BCUT2D eigenvalue weighted by molar-refractivity contribution is -0.123. The Kier molecular flexibility index (Phi) is 5.93. The fourth-order valence-corrected chi connectivity index (χ4v) is 2.72. The van der Waals surface area contributed by atoms with Crippen LogP contribution in [-0.2, 0) is 16.1 Å². The number of nitrogens with zero attached hydrogens (tertiary/aromatic N) is 1. The van der Waals surface area contributed by atoms with Gasteiger partial charge >= 0.3 is 0 Å². The van der Waals surface area contributed by atoms with Gasteiger partial charge in [-0.15, -0.1) is 0 Å². The van der Waals surface area contributed by atoms with E-state index in [1.165, 1.54) is 0 Å². The molecule has 27 heavy (non-hydrogen) atoms. The van der Waals surface area contributed by atoms with Crippen LogP contribution in [0, 0.1) is 0 Å². The average Bonchev–Trinajstić information content (AvgIpc) is 2.67. The number of benzene rings is 2. The third kappa shape index (κ3) is 5.21. The van der Waals surface area contributed by atoms with Crippen molar-refractivity contribution in [1.82, 2.24) is 10.7 Å². The standard InChI is InChI=1S/C19H18ClN3O4/c20-15-9-13(16-6-8-18(25)23-22-16)3-7-17(15)27-11-19(26)21-10-12-1-4-14(24)5-2-12/h1-5,7,9,24H,6,8,10-11H2,(H,21,26)(H,23,25). The van der Waals surface area contributed by atoms with Crippen molar-refractivity contribution in [2.45, 2.75) is 19.4 Å². The third-order valence-corrected chi connectivity index (χ3v) is 4.25. The van der Waals surface area contributed by atoms with Crippen molar-refractivity contribution in [2.24, 2.45) is 5.10 Å². The number of nitrogens with one attached hydrogen (secondary N) is 2. The van der Waals surface area contributed by atoms with Gasteiger partial charge in [0.1, 0.15) is 11.5 Å². The van der Waals surface area contributed by atoms with Crippen LogP contribution < -0.4 is 15.5 Å². The topological polar surface area (TPSA) is 100 Å². The van der Waals surface area contributed by atoms with Crippen LogP contribution in [0.1, 0.15) is 24.0 Å². The molecule has 0 atom stereocenters. The highest BCUT2D eigenvalue weighted by atomic mass is 35.5. The molecule has 0 aromatic heterocycles. The highest BCUT2D eigenvalue weighted by Crippen LogP contribution is 2.26. The molecule has 1 heterocycles. The largest absolute Gasteiger partial charge is 0.508 e. The van der Waals surface area contributed by atoms with E-state index in [0.717, 1.165) is 16.8 Å². The Morgan fingerprint density at radius 1 is 1.22 bits per heavy atom. The van der Waals surface area contributed by atoms with Gasteiger partial charge in [-0.05, 0) is 41.5 Å². The summed E-state index contributed by atoms with van der Waals surface area (Å²) >= 11 is 6.23. The number of amides is 2. The molecule has 0 aliphatic carbocycles. The van der Waals surface area contributed by atoms with E-state index >= 15 is 0 Å². The molecule has 2 amide bonds. The van der Waals surface area contributed by atoms with Crippen molar-refractivity contribution in [3.63, 3.8) is 0 Å². The predicted molar refractivity (Wildman–Crippen MR) is 101 cm³/mol. The quantitative estimate of drug-likeness (QED) is 0.708. The molecule has 0 bridgehead atoms. The first-order valence-electron chi connectivity index (χ1n) is 8.34. The molecule has 0 unspecified atom stereocenters. The molecule has 140 valence electrons. The molecule has 1 aliphatic heterocycles. The summed E-state index contributed by atoms with van der Waals surface area (Å²) in [6.45, 7) is 0.162. The minimum atomic E-state index is -0.289. The summed E-state index contributed by atoms with van der Waals surface area (Å²) in [6.07, 6.45) is 0.929. The molecule has 2 aromatic carbocycles. The summed E-state index contributed by atoms with van der Waals surface area (Å²) in [6, 6.07) is 11.7. The molecule has 2 aromatic rings. The van der Waals surface area contributed by atoms with E-state index in [2.05, 4.69) is 15.8 Å². The van der Waals surface area contributed by atoms with Crippen LogP contribution >= 0.6 is 11.6 Å². The van der Waals surface area contributed by atoms with Crippen LogP contribution in [0.25, 0.3) is 0 Å². The van der Waals surface area contributed by atoms with Gasteiger partial charge in [0.2, 0.25) is 5.91 Å². The molecular formula is C19H18ClN3O4. The molecule has 7 nitrogen and oxygen atoms in total. The zero-order valence-electron chi connectivity index (χ0n) is 14.4. The summed E-state index contributed by atoms with van der Waals surface area (Å²) in [4.78, 5) is 23.1. The monoisotopic (exact) mass is 387 g/mol. The van der Waals surface area contributed by atoms with Crippen LogP contribution in [0.2, 0.25) is 5.02 Å². The lowest BCUT2D eigenvalue weighted by Crippen LogP contribution is -2.28. The number of hydrogen-bond donors (Lipinski definition) is 3. The van der Waals surface area contributed by atoms with E-state index in [4.69, 9.17) is 16.3 Å². The number of carbonyl (C=O) groups excluding carboxylic acids is 2. The maximum Gasteiger partial charge on any atom is 0.258 e. The van der Waals surface area contributed by atoms with Gasteiger partial charge in [0, 0.05) is 19.4 Å². The number of phenols is 1. The van der Waals surface area contributed by atoms with E-state index in [0.29, 0.717) is 30.2 Å². The molecule has 0 saturated heterocycles. The molecular weight excluding hydrogens is 370 g/mol. The van der Waals surface area contributed by atoms with E-state index in [1.807, 2.05) is 0 Å². The van der Waals surface area contributed by atoms with Crippen molar-refractivity contribution >= 4 is 29.1 Å². The van der Waals surface area contributed by atoms with Crippen LogP contribution in [0.5, 0.6) is 11.5 Å². The highest BCUT2D eigenvalue weighted by molar-refractivity contribution is 6.32. The number of aromatic hydroxyl groups is 1. The summed E-state index contributed by atoms with van der Waals surface area (Å²) in [7, 11) is 0. The van der Waals surface area contributed by atoms with E-state index in [-0.39, 0.29) is 24.2 Å². The van der Waals surface area contributed by atoms with Crippen LogP contribution in [-0.4, -0.2) is 29.2 Å². The minimum absolute atomic E-state index is 0.108. The first-order valence-corrected chi connectivity index (χ1v) is 8.72. The first-order chi connectivity index (χ1) is 13.0. The van der Waals surface area contributed by atoms with Gasteiger partial charge < -0.3 is 15.2 Å². The van der Waals surface area contributed by atoms with Gasteiger partial charge in [0.25, 0.3) is 5.91 Å². The maximum absolute atomic E-state index is 11.9. The second kappa shape index (κ2) is 8.55. The molecule has 0 fully saturated rings.